The summed E-state index contributed by atoms with van der Waals surface area (Å²) in [4.78, 5) is 16.7. The molecule has 0 spiro atoms. The van der Waals surface area contributed by atoms with Crippen molar-refractivity contribution in [2.75, 3.05) is 5.32 Å². The van der Waals surface area contributed by atoms with Gasteiger partial charge in [0.15, 0.2) is 0 Å². The van der Waals surface area contributed by atoms with Crippen LogP contribution in [0.3, 0.4) is 0 Å². The Bertz CT molecular complexity index is 1200. The summed E-state index contributed by atoms with van der Waals surface area (Å²) in [6, 6.07) is 11.3. The summed E-state index contributed by atoms with van der Waals surface area (Å²) < 4.78 is 15.0. The maximum absolute atomic E-state index is 13.3. The highest BCUT2D eigenvalue weighted by Gasteiger charge is 2.16. The van der Waals surface area contributed by atoms with Gasteiger partial charge in [0.2, 0.25) is 0 Å². The van der Waals surface area contributed by atoms with E-state index in [0.29, 0.717) is 16.9 Å². The minimum Gasteiger partial charge on any atom is -0.319 e. The second-order valence-corrected chi connectivity index (χ2v) is 7.17. The summed E-state index contributed by atoms with van der Waals surface area (Å²) >= 11 is 12.2. The van der Waals surface area contributed by atoms with Crippen molar-refractivity contribution in [3.05, 3.63) is 82.0 Å². The van der Waals surface area contributed by atoms with Crippen LogP contribution in [0.1, 0.15) is 23.0 Å². The van der Waals surface area contributed by atoms with Gasteiger partial charge in [0, 0.05) is 23.3 Å². The van der Waals surface area contributed by atoms with Crippen molar-refractivity contribution in [3.8, 4) is 5.69 Å². The number of hydrogen-bond acceptors (Lipinski definition) is 3. The largest absolute Gasteiger partial charge is 0.319 e. The van der Waals surface area contributed by atoms with Gasteiger partial charge in [-0.2, -0.15) is 5.10 Å². The number of nitrogens with one attached hydrogen (secondary N) is 1. The molecular weight excluding hydrogens is 414 g/mol. The van der Waals surface area contributed by atoms with Crippen LogP contribution < -0.4 is 5.32 Å². The molecule has 4 rings (SSSR count). The number of amides is 1. The number of nitrogens with zero attached hydrogens (tertiary/aromatic N) is 3. The van der Waals surface area contributed by atoms with Gasteiger partial charge in [0.25, 0.3) is 5.91 Å². The minimum atomic E-state index is -0.369. The summed E-state index contributed by atoms with van der Waals surface area (Å²) in [6.45, 7) is 2.00. The zero-order chi connectivity index (χ0) is 20.5. The lowest BCUT2D eigenvalue weighted by atomic mass is 10.1. The zero-order valence-corrected chi connectivity index (χ0v) is 16.8. The molecule has 0 atom stereocenters. The molecule has 4 aromatic rings. The molecule has 0 bridgehead atoms. The van der Waals surface area contributed by atoms with Gasteiger partial charge in [-0.25, -0.2) is 9.07 Å². The van der Waals surface area contributed by atoms with E-state index >= 15 is 0 Å². The molecule has 29 heavy (non-hydrogen) atoms. The van der Waals surface area contributed by atoms with E-state index in [1.165, 1.54) is 24.5 Å². The lowest BCUT2D eigenvalue weighted by molar-refractivity contribution is 0.102. The van der Waals surface area contributed by atoms with Crippen LogP contribution >= 0.6 is 23.2 Å². The highest BCUT2D eigenvalue weighted by Crippen LogP contribution is 2.30. The SMILES string of the molecule is CCc1nn(-c2ccc(F)cc2)c2cc(C(=O)Nc3c(Cl)cncc3Cl)ccc12. The van der Waals surface area contributed by atoms with Crippen LogP contribution in [0.15, 0.2) is 54.9 Å². The predicted molar refractivity (Wildman–Crippen MR) is 113 cm³/mol. The molecule has 0 aliphatic heterocycles. The highest BCUT2D eigenvalue weighted by atomic mass is 35.5. The number of carbonyl (C=O) groups is 1. The predicted octanol–water partition coefficient (Wildman–Crippen LogP) is 5.68. The molecule has 0 unspecified atom stereocenters. The highest BCUT2D eigenvalue weighted by molar-refractivity contribution is 6.39. The van der Waals surface area contributed by atoms with Gasteiger partial charge in [0.1, 0.15) is 5.82 Å². The van der Waals surface area contributed by atoms with E-state index in [2.05, 4.69) is 15.4 Å². The number of fused-ring (bicyclic) bond motifs is 1. The summed E-state index contributed by atoms with van der Waals surface area (Å²) in [6.07, 6.45) is 3.53. The van der Waals surface area contributed by atoms with Crippen molar-refractivity contribution in [1.82, 2.24) is 14.8 Å². The van der Waals surface area contributed by atoms with Crippen molar-refractivity contribution >= 4 is 45.7 Å². The van der Waals surface area contributed by atoms with Crippen molar-refractivity contribution < 1.29 is 9.18 Å². The van der Waals surface area contributed by atoms with E-state index in [0.717, 1.165) is 23.0 Å². The standard InChI is InChI=1S/C21H15Cl2FN4O/c1-2-18-15-8-3-12(21(29)26-20-16(22)10-25-11-17(20)23)9-19(15)28(27-18)14-6-4-13(24)5-7-14/h3-11H,2H2,1H3,(H,25,26,29). The second-order valence-electron chi connectivity index (χ2n) is 6.35. The van der Waals surface area contributed by atoms with E-state index in [9.17, 15) is 9.18 Å². The fourth-order valence-corrected chi connectivity index (χ4v) is 3.54. The summed E-state index contributed by atoms with van der Waals surface area (Å²) in [7, 11) is 0. The first-order chi connectivity index (χ1) is 14.0. The van der Waals surface area contributed by atoms with Crippen LogP contribution in [0.25, 0.3) is 16.6 Å². The van der Waals surface area contributed by atoms with Crippen LogP contribution in [0.5, 0.6) is 0 Å². The molecule has 0 fully saturated rings. The molecule has 0 aliphatic rings. The van der Waals surface area contributed by atoms with Crippen LogP contribution in [0.2, 0.25) is 10.0 Å². The van der Waals surface area contributed by atoms with E-state index < -0.39 is 0 Å². The number of rotatable bonds is 4. The van der Waals surface area contributed by atoms with Crippen molar-refractivity contribution in [3.63, 3.8) is 0 Å². The quantitative estimate of drug-likeness (QED) is 0.454. The van der Waals surface area contributed by atoms with Gasteiger partial charge in [-0.05, 0) is 42.8 Å². The van der Waals surface area contributed by atoms with Gasteiger partial charge in [-0.15, -0.1) is 0 Å². The Morgan fingerprint density at radius 1 is 1.10 bits per heavy atom. The Balaban J connectivity index is 1.77. The Labute approximate surface area is 176 Å². The summed E-state index contributed by atoms with van der Waals surface area (Å²) in [5, 5.41) is 8.78. The zero-order valence-electron chi connectivity index (χ0n) is 15.3. The number of aromatic nitrogens is 3. The number of aryl methyl sites for hydroxylation is 1. The molecule has 1 N–H and O–H groups in total. The molecular formula is C21H15Cl2FN4O. The number of hydrogen-bond donors (Lipinski definition) is 1. The Kier molecular flexibility index (Phi) is 5.22. The second kappa shape index (κ2) is 7.81. The maximum atomic E-state index is 13.3. The summed E-state index contributed by atoms with van der Waals surface area (Å²) in [5.41, 5.74) is 3.04. The van der Waals surface area contributed by atoms with Crippen LogP contribution in [-0.2, 0) is 6.42 Å². The Morgan fingerprint density at radius 3 is 2.45 bits per heavy atom. The molecule has 0 radical (unpaired) electrons. The third kappa shape index (κ3) is 3.69. The molecule has 0 aliphatic carbocycles. The van der Waals surface area contributed by atoms with E-state index in [-0.39, 0.29) is 21.8 Å². The number of carbonyl (C=O) groups excluding carboxylic acids is 1. The molecule has 0 saturated carbocycles. The van der Waals surface area contributed by atoms with Crippen LogP contribution in [0, 0.1) is 5.82 Å². The molecule has 0 saturated heterocycles. The van der Waals surface area contributed by atoms with Crippen molar-refractivity contribution in [2.45, 2.75) is 13.3 Å². The number of anilines is 1. The normalized spacial score (nSPS) is 11.0. The fourth-order valence-electron chi connectivity index (χ4n) is 3.08. The van der Waals surface area contributed by atoms with Crippen LogP contribution in [-0.4, -0.2) is 20.7 Å². The first kappa shape index (κ1) is 19.4. The fraction of sp³-hybridized carbons (Fsp3) is 0.0952. The first-order valence-electron chi connectivity index (χ1n) is 8.86. The minimum absolute atomic E-state index is 0.247. The molecule has 2 aromatic heterocycles. The monoisotopic (exact) mass is 428 g/mol. The number of benzene rings is 2. The van der Waals surface area contributed by atoms with Crippen LogP contribution in [0.4, 0.5) is 10.1 Å². The van der Waals surface area contributed by atoms with E-state index in [1.54, 1.807) is 28.9 Å². The number of halogens is 3. The van der Waals surface area contributed by atoms with E-state index in [4.69, 9.17) is 23.2 Å². The van der Waals surface area contributed by atoms with Gasteiger partial charge < -0.3 is 5.32 Å². The molecule has 5 nitrogen and oxygen atoms in total. The third-order valence-corrected chi connectivity index (χ3v) is 5.09. The topological polar surface area (TPSA) is 59.8 Å². The molecule has 2 heterocycles. The summed E-state index contributed by atoms with van der Waals surface area (Å²) in [5.74, 6) is -0.695. The Hall–Kier alpha value is -2.96. The van der Waals surface area contributed by atoms with E-state index in [1.807, 2.05) is 13.0 Å². The maximum Gasteiger partial charge on any atom is 0.255 e. The molecule has 8 heteroatoms. The third-order valence-electron chi connectivity index (χ3n) is 4.52. The first-order valence-corrected chi connectivity index (χ1v) is 9.61. The average molecular weight is 429 g/mol. The molecule has 1 amide bonds. The number of pyridine rings is 1. The van der Waals surface area contributed by atoms with Crippen molar-refractivity contribution in [2.24, 2.45) is 0 Å². The van der Waals surface area contributed by atoms with Crippen molar-refractivity contribution in [1.29, 1.82) is 0 Å². The van der Waals surface area contributed by atoms with Gasteiger partial charge in [-0.3, -0.25) is 9.78 Å². The van der Waals surface area contributed by atoms with Gasteiger partial charge in [-0.1, -0.05) is 36.2 Å². The lowest BCUT2D eigenvalue weighted by Gasteiger charge is -2.09. The average Bonchev–Trinajstić information content (AvgIpc) is 3.09. The van der Waals surface area contributed by atoms with Gasteiger partial charge >= 0.3 is 0 Å². The van der Waals surface area contributed by atoms with Gasteiger partial charge in [0.05, 0.1) is 32.6 Å². The Morgan fingerprint density at radius 2 is 1.79 bits per heavy atom. The lowest BCUT2D eigenvalue weighted by Crippen LogP contribution is -2.13. The molecule has 146 valence electrons. The molecule has 2 aromatic carbocycles. The smallest absolute Gasteiger partial charge is 0.255 e.